The van der Waals surface area contributed by atoms with Crippen molar-refractivity contribution < 1.29 is 18.9 Å². The van der Waals surface area contributed by atoms with Crippen molar-refractivity contribution >= 4 is 124 Å². The lowest BCUT2D eigenvalue weighted by molar-refractivity contribution is 0.00578. The number of halogens is 1. The summed E-state index contributed by atoms with van der Waals surface area (Å²) in [7, 11) is -0.263. The number of aromatic nitrogens is 8. The molecular formula is C56H62BBrN14O4S4. The van der Waals surface area contributed by atoms with Gasteiger partial charge in [0, 0.05) is 95.9 Å². The van der Waals surface area contributed by atoms with Gasteiger partial charge in [-0.15, -0.1) is 22.7 Å². The molecule has 0 aromatic carbocycles. The van der Waals surface area contributed by atoms with E-state index in [1.54, 1.807) is 64.8 Å². The molecule has 3 saturated heterocycles. The van der Waals surface area contributed by atoms with E-state index >= 15 is 0 Å². The van der Waals surface area contributed by atoms with Crippen LogP contribution in [0.3, 0.4) is 0 Å². The molecule has 4 bridgehead atoms. The van der Waals surface area contributed by atoms with Crippen LogP contribution in [0, 0.1) is 27.7 Å². The Morgan fingerprint density at radius 1 is 0.613 bits per heavy atom. The lowest BCUT2D eigenvalue weighted by atomic mass is 9.89. The van der Waals surface area contributed by atoms with E-state index < -0.39 is 0 Å². The summed E-state index contributed by atoms with van der Waals surface area (Å²) < 4.78 is 13.7. The highest BCUT2D eigenvalue weighted by atomic mass is 79.9. The van der Waals surface area contributed by atoms with Gasteiger partial charge in [-0.3, -0.25) is 34.7 Å². The number of pyridine rings is 6. The van der Waals surface area contributed by atoms with Crippen LogP contribution in [0.2, 0.25) is 0 Å². The summed E-state index contributed by atoms with van der Waals surface area (Å²) >= 11 is 6.62. The van der Waals surface area contributed by atoms with Gasteiger partial charge in [-0.2, -0.15) is 27.0 Å². The molecule has 2 N–H and O–H groups in total. The predicted molar refractivity (Wildman–Crippen MR) is 334 cm³/mol. The summed E-state index contributed by atoms with van der Waals surface area (Å²) in [6, 6.07) is 19.6. The first-order valence-corrected chi connectivity index (χ1v) is 28.2. The predicted octanol–water partition coefficient (Wildman–Crippen LogP) is 11.1. The number of thiazole rings is 2. The SMILES string of the molecule is Cc1cc(-c2ccc3c(n2)N(C(=O)Nc2cncc(-c4cnc(C)s4)c2)[C@H]2CCN3C2)ccn1.Cc1cc(-c2ccc3c(n2)N(C(=O)Nc2cncc(Br)c2)[C@H]2CCN3C2)ccn1.Cc1ncc(B2OC(C)(C)C(C)(C)O2)s1.S.S. The zero-order valence-electron chi connectivity index (χ0n) is 45.6. The maximum absolute atomic E-state index is 13.6. The molecule has 80 heavy (non-hydrogen) atoms. The zero-order chi connectivity index (χ0) is 54.5. The fourth-order valence-electron chi connectivity index (χ4n) is 10.1. The Kier molecular flexibility index (Phi) is 17.4. The molecule has 414 valence electrons. The summed E-state index contributed by atoms with van der Waals surface area (Å²) in [6.45, 7) is 19.6. The molecule has 8 aromatic rings. The fraction of sp³-hybridized carbons (Fsp3) is 0.321. The van der Waals surface area contributed by atoms with Crippen LogP contribution in [-0.2, 0) is 9.31 Å². The van der Waals surface area contributed by atoms with Gasteiger partial charge in [0.1, 0.15) is 0 Å². The van der Waals surface area contributed by atoms with Gasteiger partial charge in [-0.25, -0.2) is 24.5 Å². The second kappa shape index (κ2) is 23.9. The largest absolute Gasteiger partial charge is 0.507 e. The highest BCUT2D eigenvalue weighted by Gasteiger charge is 2.52. The third-order valence-electron chi connectivity index (χ3n) is 14.7. The summed E-state index contributed by atoms with van der Waals surface area (Å²) in [6.07, 6.45) is 15.9. The van der Waals surface area contributed by atoms with Gasteiger partial charge in [0.2, 0.25) is 0 Å². The first-order chi connectivity index (χ1) is 37.4. The summed E-state index contributed by atoms with van der Waals surface area (Å²) in [5.74, 6) is 1.39. The van der Waals surface area contributed by atoms with Gasteiger partial charge in [-0.1, -0.05) is 0 Å². The number of fused-ring (bicyclic) bond motifs is 8. The van der Waals surface area contributed by atoms with Gasteiger partial charge in [0.15, 0.2) is 11.6 Å². The average molecular weight is 1210 g/mol. The standard InChI is InChI=1S/C25H23N7OS.C21H19BrN6O.C10H16BNO2S.2H2S/c1-15-9-17(5-7-27-15)21-3-4-22-24(30-21)32(20-6-8-31(22)14-20)25(33)29-19-10-18(11-26-12-19)23-13-28-16(2)34-23;1-13-8-14(4-6-24-13)18-2-3-19-20(26-18)28(17-5-7-27(19)12-17)21(29)25-16-9-15(22)10-23-11-16;1-7-12-6-8(15-7)11-13-9(2,3)10(4,5)14-11;;/h3-5,7,9-13,20H,6,8,14H2,1-2H3,(H,29,33);2-4,6,8-11,17H,5,7,12H2,1H3,(H,25,29);6H,1-5H3;2*1H2/t20-;17-;;;/m00.../s1. The monoisotopic (exact) mass is 1210 g/mol. The Morgan fingerprint density at radius 2 is 1.11 bits per heavy atom. The molecule has 0 unspecified atom stereocenters. The number of hydrogen-bond donors (Lipinski definition) is 2. The highest BCUT2D eigenvalue weighted by molar-refractivity contribution is 9.10. The smallest absolute Gasteiger partial charge is 0.399 e. The second-order valence-electron chi connectivity index (χ2n) is 20.8. The third-order valence-corrected chi connectivity index (χ3v) is 17.0. The topological polar surface area (TPSA) is 193 Å². The third kappa shape index (κ3) is 12.2. The molecule has 3 fully saturated rings. The summed E-state index contributed by atoms with van der Waals surface area (Å²) in [5.41, 5.74) is 9.18. The van der Waals surface area contributed by atoms with Crippen LogP contribution in [0.1, 0.15) is 61.9 Å². The fourth-order valence-corrected chi connectivity index (χ4v) is 12.0. The minimum absolute atomic E-state index is 0. The maximum Gasteiger partial charge on any atom is 0.507 e. The van der Waals surface area contributed by atoms with E-state index in [4.69, 9.17) is 19.3 Å². The normalized spacial score (nSPS) is 17.6. The van der Waals surface area contributed by atoms with Crippen molar-refractivity contribution in [3.05, 3.63) is 136 Å². The number of rotatable bonds is 6. The van der Waals surface area contributed by atoms with E-state index in [-0.39, 0.29) is 69.5 Å². The van der Waals surface area contributed by atoms with E-state index in [0.29, 0.717) is 23.0 Å². The van der Waals surface area contributed by atoms with Crippen molar-refractivity contribution in [2.75, 3.05) is 56.4 Å². The van der Waals surface area contributed by atoms with Gasteiger partial charge < -0.3 is 29.7 Å². The van der Waals surface area contributed by atoms with Gasteiger partial charge in [0.05, 0.1) is 89.5 Å². The molecule has 5 aliphatic rings. The summed E-state index contributed by atoms with van der Waals surface area (Å²) in [5, 5.41) is 8.06. The van der Waals surface area contributed by atoms with E-state index in [2.05, 4.69) is 106 Å². The van der Waals surface area contributed by atoms with Crippen molar-refractivity contribution in [3.8, 4) is 33.0 Å². The lowest BCUT2D eigenvalue weighted by Crippen LogP contribution is -2.48. The molecular weight excluding hydrogens is 1150 g/mol. The Bertz CT molecular complexity index is 3560. The first-order valence-electron chi connectivity index (χ1n) is 25.8. The molecule has 18 nitrogen and oxygen atoms in total. The van der Waals surface area contributed by atoms with Gasteiger partial charge in [-0.05, 0) is 145 Å². The molecule has 8 aromatic heterocycles. The molecule has 4 amide bonds. The molecule has 24 heteroatoms. The van der Waals surface area contributed by atoms with Crippen LogP contribution < -0.4 is 35.0 Å². The van der Waals surface area contributed by atoms with Crippen molar-refractivity contribution in [2.24, 2.45) is 0 Å². The van der Waals surface area contributed by atoms with Crippen molar-refractivity contribution in [1.82, 2.24) is 39.9 Å². The molecule has 0 radical (unpaired) electrons. The quantitative estimate of drug-likeness (QED) is 0.149. The molecule has 5 aliphatic heterocycles. The number of amides is 4. The number of nitrogens with one attached hydrogen (secondary N) is 2. The number of hydrogen-bond acceptors (Lipinski definition) is 16. The minimum atomic E-state index is -0.268. The van der Waals surface area contributed by atoms with Crippen LogP contribution in [0.15, 0.2) is 115 Å². The van der Waals surface area contributed by atoms with E-state index in [1.165, 1.54) is 0 Å². The first kappa shape index (κ1) is 58.1. The van der Waals surface area contributed by atoms with Crippen LogP contribution in [0.5, 0.6) is 0 Å². The Balaban J connectivity index is 0.000000153. The van der Waals surface area contributed by atoms with Crippen LogP contribution in [0.4, 0.5) is 44.0 Å². The maximum atomic E-state index is 13.6. The number of nitrogens with zero attached hydrogens (tertiary/aromatic N) is 12. The number of aryl methyl sites for hydroxylation is 4. The van der Waals surface area contributed by atoms with Crippen molar-refractivity contribution in [1.29, 1.82) is 0 Å². The molecule has 2 atom stereocenters. The average Bonchev–Trinajstić information content (AvgIpc) is 4.39. The lowest BCUT2D eigenvalue weighted by Gasteiger charge is -2.36. The van der Waals surface area contributed by atoms with Crippen LogP contribution in [-0.4, -0.2) is 109 Å². The number of carbonyl (C=O) groups excluding carboxylic acids is 2. The zero-order valence-corrected chi connectivity index (χ0v) is 50.8. The molecule has 13 heterocycles. The highest BCUT2D eigenvalue weighted by Crippen LogP contribution is 2.43. The van der Waals surface area contributed by atoms with E-state index in [0.717, 1.165) is 114 Å². The molecule has 0 aliphatic carbocycles. The summed E-state index contributed by atoms with van der Waals surface area (Å²) in [4.78, 5) is 71.5. The Hall–Kier alpha value is -6.54. The Morgan fingerprint density at radius 3 is 1.59 bits per heavy atom. The second-order valence-corrected chi connectivity index (χ2v) is 24.2. The minimum Gasteiger partial charge on any atom is -0.399 e. The Labute approximate surface area is 496 Å². The number of carbonyl (C=O) groups is 2. The molecule has 0 saturated carbocycles. The van der Waals surface area contributed by atoms with Crippen LogP contribution >= 0.6 is 65.6 Å². The van der Waals surface area contributed by atoms with Gasteiger partial charge >= 0.3 is 19.2 Å². The van der Waals surface area contributed by atoms with Crippen LogP contribution in [0.25, 0.3) is 33.0 Å². The molecule has 13 rings (SSSR count). The van der Waals surface area contributed by atoms with E-state index in [1.807, 2.05) is 93.5 Å². The van der Waals surface area contributed by atoms with Crippen molar-refractivity contribution in [2.45, 2.75) is 91.5 Å². The van der Waals surface area contributed by atoms with E-state index in [9.17, 15) is 9.59 Å². The number of anilines is 6. The number of urea groups is 2. The van der Waals surface area contributed by atoms with Gasteiger partial charge in [0.25, 0.3) is 0 Å². The molecule has 0 spiro atoms. The van der Waals surface area contributed by atoms with Crippen molar-refractivity contribution in [3.63, 3.8) is 0 Å².